The van der Waals surface area contributed by atoms with Crippen LogP contribution in [0.5, 0.6) is 0 Å². The van der Waals surface area contributed by atoms with Gasteiger partial charge in [-0.3, -0.25) is 4.79 Å². The molecule has 0 aliphatic carbocycles. The highest BCUT2D eigenvalue weighted by Gasteiger charge is 2.15. The maximum Gasteiger partial charge on any atom is 0.246 e. The van der Waals surface area contributed by atoms with Gasteiger partial charge in [-0.2, -0.15) is 0 Å². The first-order valence-electron chi connectivity index (χ1n) is 8.28. The molecule has 0 spiro atoms. The Bertz CT molecular complexity index is 592. The van der Waals surface area contributed by atoms with Crippen LogP contribution >= 0.6 is 39.9 Å². The average molecular weight is 525 g/mol. The Morgan fingerprint density at radius 3 is 2.88 bits per heavy atom. The third kappa shape index (κ3) is 7.91. The van der Waals surface area contributed by atoms with Crippen molar-refractivity contribution in [3.63, 3.8) is 0 Å². The Morgan fingerprint density at radius 2 is 2.20 bits per heavy atom. The minimum absolute atomic E-state index is 0. The first-order chi connectivity index (χ1) is 11.6. The molecular formula is C17H26BrIN4O2. The molecule has 1 aliphatic heterocycles. The quantitative estimate of drug-likeness (QED) is 0.304. The fraction of sp³-hybridized carbons (Fsp3) is 0.529. The van der Waals surface area contributed by atoms with Crippen LogP contribution in [0.1, 0.15) is 25.3 Å². The highest BCUT2D eigenvalue weighted by Crippen LogP contribution is 2.20. The summed E-state index contributed by atoms with van der Waals surface area (Å²) in [5, 5.41) is 9.26. The number of benzene rings is 1. The van der Waals surface area contributed by atoms with Crippen molar-refractivity contribution in [1.82, 2.24) is 10.6 Å². The van der Waals surface area contributed by atoms with Crippen molar-refractivity contribution < 1.29 is 9.53 Å². The van der Waals surface area contributed by atoms with Gasteiger partial charge in [0.25, 0.3) is 0 Å². The van der Waals surface area contributed by atoms with Gasteiger partial charge in [0.15, 0.2) is 5.96 Å². The molecule has 1 aromatic rings. The summed E-state index contributed by atoms with van der Waals surface area (Å²) in [5.41, 5.74) is 1.81. The molecule has 2 rings (SSSR count). The minimum Gasteiger partial charge on any atom is -0.376 e. The maximum absolute atomic E-state index is 12.1. The number of hydrogen-bond donors (Lipinski definition) is 3. The SMILES string of the molecule is CCNC(=NCC(=O)Nc1cc(Br)ccc1C)NCC1CCCO1.I. The second-order valence-electron chi connectivity index (χ2n) is 5.72. The third-order valence-electron chi connectivity index (χ3n) is 3.72. The first-order valence-corrected chi connectivity index (χ1v) is 9.07. The van der Waals surface area contributed by atoms with E-state index in [1.807, 2.05) is 32.0 Å². The van der Waals surface area contributed by atoms with Crippen LogP contribution in [0.4, 0.5) is 5.69 Å². The van der Waals surface area contributed by atoms with Crippen molar-refractivity contribution in [2.75, 3.05) is 31.6 Å². The van der Waals surface area contributed by atoms with Crippen molar-refractivity contribution in [2.24, 2.45) is 4.99 Å². The van der Waals surface area contributed by atoms with E-state index < -0.39 is 0 Å². The predicted molar refractivity (Wildman–Crippen MR) is 116 cm³/mol. The maximum atomic E-state index is 12.1. The van der Waals surface area contributed by atoms with Crippen LogP contribution in [-0.4, -0.2) is 44.2 Å². The summed E-state index contributed by atoms with van der Waals surface area (Å²) in [5.74, 6) is 0.486. The van der Waals surface area contributed by atoms with Gasteiger partial charge >= 0.3 is 0 Å². The van der Waals surface area contributed by atoms with Crippen molar-refractivity contribution in [3.8, 4) is 0 Å². The molecule has 1 unspecified atom stereocenters. The van der Waals surface area contributed by atoms with Gasteiger partial charge in [-0.25, -0.2) is 4.99 Å². The smallest absolute Gasteiger partial charge is 0.246 e. The number of nitrogens with zero attached hydrogens (tertiary/aromatic N) is 1. The summed E-state index contributed by atoms with van der Waals surface area (Å²) in [7, 11) is 0. The molecule has 8 heteroatoms. The van der Waals surface area contributed by atoms with Crippen LogP contribution in [0.15, 0.2) is 27.7 Å². The molecule has 3 N–H and O–H groups in total. The molecule has 1 heterocycles. The van der Waals surface area contributed by atoms with E-state index in [2.05, 4.69) is 36.9 Å². The molecule has 0 aromatic heterocycles. The molecule has 1 aromatic carbocycles. The summed E-state index contributed by atoms with van der Waals surface area (Å²) < 4.78 is 6.51. The molecule has 140 valence electrons. The molecule has 1 amide bonds. The van der Waals surface area contributed by atoms with E-state index in [1.54, 1.807) is 0 Å². The average Bonchev–Trinajstić information content (AvgIpc) is 3.07. The van der Waals surface area contributed by atoms with E-state index in [9.17, 15) is 4.79 Å². The lowest BCUT2D eigenvalue weighted by Crippen LogP contribution is -2.41. The Morgan fingerprint density at radius 1 is 1.40 bits per heavy atom. The fourth-order valence-electron chi connectivity index (χ4n) is 2.43. The van der Waals surface area contributed by atoms with E-state index in [0.29, 0.717) is 12.5 Å². The minimum atomic E-state index is -0.148. The molecule has 0 bridgehead atoms. The second kappa shape index (κ2) is 11.7. The fourth-order valence-corrected chi connectivity index (χ4v) is 2.79. The van der Waals surface area contributed by atoms with Gasteiger partial charge in [0.1, 0.15) is 6.54 Å². The summed E-state index contributed by atoms with van der Waals surface area (Å²) in [6, 6.07) is 5.79. The standard InChI is InChI=1S/C17H25BrN4O2.HI/c1-3-19-17(20-10-14-5-4-8-24-14)21-11-16(23)22-15-9-13(18)7-6-12(15)2;/h6-7,9,14H,3-5,8,10-11H2,1-2H3,(H,22,23)(H2,19,20,21);1H. The third-order valence-corrected chi connectivity index (χ3v) is 4.21. The van der Waals surface area contributed by atoms with Crippen LogP contribution in [0.2, 0.25) is 0 Å². The number of carbonyl (C=O) groups excluding carboxylic acids is 1. The van der Waals surface area contributed by atoms with Crippen molar-refractivity contribution in [2.45, 2.75) is 32.8 Å². The monoisotopic (exact) mass is 524 g/mol. The summed E-state index contributed by atoms with van der Waals surface area (Å²) in [6.45, 7) is 6.29. The molecule has 1 aliphatic rings. The molecule has 0 radical (unpaired) electrons. The molecule has 1 atom stereocenters. The number of guanidine groups is 1. The van der Waals surface area contributed by atoms with Crippen LogP contribution in [0.3, 0.4) is 0 Å². The van der Waals surface area contributed by atoms with Crippen LogP contribution in [0, 0.1) is 6.92 Å². The molecular weight excluding hydrogens is 499 g/mol. The summed E-state index contributed by atoms with van der Waals surface area (Å²) in [4.78, 5) is 16.5. The van der Waals surface area contributed by atoms with Gasteiger partial charge in [-0.05, 0) is 44.4 Å². The van der Waals surface area contributed by atoms with Crippen LogP contribution in [0.25, 0.3) is 0 Å². The lowest BCUT2D eigenvalue weighted by atomic mass is 10.2. The largest absolute Gasteiger partial charge is 0.376 e. The van der Waals surface area contributed by atoms with E-state index in [1.165, 1.54) is 0 Å². The van der Waals surface area contributed by atoms with E-state index in [-0.39, 0.29) is 42.5 Å². The molecule has 1 fully saturated rings. The van der Waals surface area contributed by atoms with Crippen molar-refractivity contribution >= 4 is 57.5 Å². The summed E-state index contributed by atoms with van der Waals surface area (Å²) in [6.07, 6.45) is 2.40. The Labute approximate surface area is 174 Å². The van der Waals surface area contributed by atoms with Gasteiger partial charge in [0, 0.05) is 29.9 Å². The topological polar surface area (TPSA) is 74.8 Å². The Balaban J connectivity index is 0.00000312. The molecule has 6 nitrogen and oxygen atoms in total. The number of aliphatic imine (C=N–C) groups is 1. The zero-order valence-electron chi connectivity index (χ0n) is 14.6. The number of ether oxygens (including phenoxy) is 1. The number of aryl methyl sites for hydroxylation is 1. The number of amides is 1. The zero-order chi connectivity index (χ0) is 17.4. The number of hydrogen-bond acceptors (Lipinski definition) is 3. The van der Waals surface area contributed by atoms with Gasteiger partial charge in [0.05, 0.1) is 6.10 Å². The first kappa shape index (κ1) is 22.2. The van der Waals surface area contributed by atoms with E-state index in [0.717, 1.165) is 41.7 Å². The summed E-state index contributed by atoms with van der Waals surface area (Å²) >= 11 is 3.41. The van der Waals surface area contributed by atoms with Gasteiger partial charge in [-0.15, -0.1) is 24.0 Å². The second-order valence-corrected chi connectivity index (χ2v) is 6.63. The number of nitrogens with one attached hydrogen (secondary N) is 3. The van der Waals surface area contributed by atoms with Crippen LogP contribution in [-0.2, 0) is 9.53 Å². The highest BCUT2D eigenvalue weighted by molar-refractivity contribution is 14.0. The molecule has 1 saturated heterocycles. The van der Waals surface area contributed by atoms with Crippen molar-refractivity contribution in [3.05, 3.63) is 28.2 Å². The Hall–Kier alpha value is -0.870. The number of carbonyl (C=O) groups is 1. The number of rotatable bonds is 6. The van der Waals surface area contributed by atoms with Crippen molar-refractivity contribution in [1.29, 1.82) is 0 Å². The van der Waals surface area contributed by atoms with Gasteiger partial charge in [0.2, 0.25) is 5.91 Å². The molecule has 0 saturated carbocycles. The van der Waals surface area contributed by atoms with Crippen LogP contribution < -0.4 is 16.0 Å². The number of anilines is 1. The van der Waals surface area contributed by atoms with Gasteiger partial charge < -0.3 is 20.7 Å². The van der Waals surface area contributed by atoms with E-state index >= 15 is 0 Å². The van der Waals surface area contributed by atoms with E-state index in [4.69, 9.17) is 4.74 Å². The number of halogens is 2. The Kier molecular flexibility index (Phi) is 10.4. The lowest BCUT2D eigenvalue weighted by Gasteiger charge is -2.14. The lowest BCUT2D eigenvalue weighted by molar-refractivity contribution is -0.114. The molecule has 25 heavy (non-hydrogen) atoms. The van der Waals surface area contributed by atoms with Gasteiger partial charge in [-0.1, -0.05) is 22.0 Å². The normalized spacial score (nSPS) is 16.9. The zero-order valence-corrected chi connectivity index (χ0v) is 18.5. The highest BCUT2D eigenvalue weighted by atomic mass is 127. The predicted octanol–water partition coefficient (Wildman–Crippen LogP) is 3.05.